The number of nitrogens with two attached hydrogens (primary N) is 1. The molecule has 19 heavy (non-hydrogen) atoms. The monoisotopic (exact) mass is 278 g/mol. The first-order valence-electron chi connectivity index (χ1n) is 6.24. The highest BCUT2D eigenvalue weighted by Gasteiger charge is 2.06. The SMILES string of the molecule is CCOc1ccc(OCc2nc(C(C)N)cs2)cc1. The second kappa shape index (κ2) is 6.54. The van der Waals surface area contributed by atoms with Crippen LogP contribution in [-0.4, -0.2) is 11.6 Å². The first kappa shape index (κ1) is 13.8. The smallest absolute Gasteiger partial charge is 0.140 e. The van der Waals surface area contributed by atoms with Crippen molar-refractivity contribution in [1.82, 2.24) is 4.98 Å². The molecule has 2 aromatic rings. The van der Waals surface area contributed by atoms with Crippen molar-refractivity contribution in [3.8, 4) is 11.5 Å². The van der Waals surface area contributed by atoms with Crippen molar-refractivity contribution in [2.75, 3.05) is 6.61 Å². The maximum absolute atomic E-state index is 5.77. The normalized spacial score (nSPS) is 12.2. The number of hydrogen-bond donors (Lipinski definition) is 1. The molecule has 0 radical (unpaired) electrons. The van der Waals surface area contributed by atoms with Crippen molar-refractivity contribution in [1.29, 1.82) is 0 Å². The molecule has 1 aromatic heterocycles. The molecule has 0 aliphatic heterocycles. The third kappa shape index (κ3) is 3.94. The molecule has 1 aromatic carbocycles. The van der Waals surface area contributed by atoms with Crippen LogP contribution in [0.3, 0.4) is 0 Å². The minimum absolute atomic E-state index is 0.0320. The molecule has 2 rings (SSSR count). The second-order valence-electron chi connectivity index (χ2n) is 4.15. The molecular weight excluding hydrogens is 260 g/mol. The molecule has 2 N–H and O–H groups in total. The predicted octanol–water partition coefficient (Wildman–Crippen LogP) is 3.14. The average molecular weight is 278 g/mol. The standard InChI is InChI=1S/C14H18N2O2S/c1-3-17-11-4-6-12(7-5-11)18-8-14-16-13(9-19-14)10(2)15/h4-7,9-10H,3,8,15H2,1-2H3. The van der Waals surface area contributed by atoms with Gasteiger partial charge in [-0.05, 0) is 38.1 Å². The molecular formula is C14H18N2O2S. The Balaban J connectivity index is 1.90. The van der Waals surface area contributed by atoms with Crippen molar-refractivity contribution in [3.05, 3.63) is 40.3 Å². The summed E-state index contributed by atoms with van der Waals surface area (Å²) in [6.07, 6.45) is 0. The lowest BCUT2D eigenvalue weighted by atomic mass is 10.3. The van der Waals surface area contributed by atoms with E-state index in [0.29, 0.717) is 13.2 Å². The van der Waals surface area contributed by atoms with Gasteiger partial charge < -0.3 is 15.2 Å². The summed E-state index contributed by atoms with van der Waals surface area (Å²) in [4.78, 5) is 4.42. The van der Waals surface area contributed by atoms with E-state index in [1.807, 2.05) is 43.5 Å². The van der Waals surface area contributed by atoms with Gasteiger partial charge in [0.25, 0.3) is 0 Å². The Bertz CT molecular complexity index is 508. The Kier molecular flexibility index (Phi) is 4.76. The third-order valence-electron chi connectivity index (χ3n) is 2.53. The topological polar surface area (TPSA) is 57.4 Å². The van der Waals surface area contributed by atoms with Crippen LogP contribution in [0.1, 0.15) is 30.6 Å². The molecule has 0 saturated carbocycles. The summed E-state index contributed by atoms with van der Waals surface area (Å²) in [6.45, 7) is 5.01. The van der Waals surface area contributed by atoms with Crippen LogP contribution in [0.4, 0.5) is 0 Å². The molecule has 0 saturated heterocycles. The van der Waals surface area contributed by atoms with E-state index >= 15 is 0 Å². The van der Waals surface area contributed by atoms with Gasteiger partial charge in [0.15, 0.2) is 0 Å². The maximum atomic E-state index is 5.77. The van der Waals surface area contributed by atoms with Gasteiger partial charge in [0.2, 0.25) is 0 Å². The van der Waals surface area contributed by atoms with Crippen molar-refractivity contribution >= 4 is 11.3 Å². The molecule has 102 valence electrons. The van der Waals surface area contributed by atoms with Crippen LogP contribution < -0.4 is 15.2 Å². The third-order valence-corrected chi connectivity index (χ3v) is 3.37. The lowest BCUT2D eigenvalue weighted by molar-refractivity contribution is 0.303. The molecule has 0 spiro atoms. The Morgan fingerprint density at radius 3 is 2.37 bits per heavy atom. The summed E-state index contributed by atoms with van der Waals surface area (Å²) >= 11 is 1.57. The van der Waals surface area contributed by atoms with Crippen LogP contribution in [-0.2, 0) is 6.61 Å². The van der Waals surface area contributed by atoms with Gasteiger partial charge in [-0.3, -0.25) is 0 Å². The van der Waals surface area contributed by atoms with Gasteiger partial charge in [0, 0.05) is 11.4 Å². The van der Waals surface area contributed by atoms with E-state index in [0.717, 1.165) is 22.2 Å². The van der Waals surface area contributed by atoms with Crippen molar-refractivity contribution in [2.24, 2.45) is 5.73 Å². The summed E-state index contributed by atoms with van der Waals surface area (Å²) in [7, 11) is 0. The average Bonchev–Trinajstić information content (AvgIpc) is 2.87. The number of ether oxygens (including phenoxy) is 2. The van der Waals surface area contributed by atoms with E-state index in [9.17, 15) is 0 Å². The molecule has 5 heteroatoms. The summed E-state index contributed by atoms with van der Waals surface area (Å²) in [5.74, 6) is 1.66. The molecule has 0 aliphatic carbocycles. The van der Waals surface area contributed by atoms with E-state index in [-0.39, 0.29) is 6.04 Å². The zero-order chi connectivity index (χ0) is 13.7. The molecule has 4 nitrogen and oxygen atoms in total. The van der Waals surface area contributed by atoms with Gasteiger partial charge >= 0.3 is 0 Å². The van der Waals surface area contributed by atoms with Crippen LogP contribution in [0.15, 0.2) is 29.6 Å². The van der Waals surface area contributed by atoms with E-state index in [4.69, 9.17) is 15.2 Å². The quantitative estimate of drug-likeness (QED) is 0.882. The minimum Gasteiger partial charge on any atom is -0.494 e. The summed E-state index contributed by atoms with van der Waals surface area (Å²) in [5, 5.41) is 2.91. The molecule has 1 heterocycles. The van der Waals surface area contributed by atoms with Crippen molar-refractivity contribution < 1.29 is 9.47 Å². The van der Waals surface area contributed by atoms with Gasteiger partial charge in [-0.2, -0.15) is 0 Å². The van der Waals surface area contributed by atoms with Gasteiger partial charge in [-0.15, -0.1) is 11.3 Å². The van der Waals surface area contributed by atoms with Crippen molar-refractivity contribution in [2.45, 2.75) is 26.5 Å². The summed E-state index contributed by atoms with van der Waals surface area (Å²) < 4.78 is 11.0. The van der Waals surface area contributed by atoms with Gasteiger partial charge in [-0.1, -0.05) is 0 Å². The predicted molar refractivity (Wildman–Crippen MR) is 76.7 cm³/mol. The van der Waals surface area contributed by atoms with Crippen molar-refractivity contribution in [3.63, 3.8) is 0 Å². The summed E-state index contributed by atoms with van der Waals surface area (Å²) in [6, 6.07) is 7.55. The van der Waals surface area contributed by atoms with E-state index in [1.165, 1.54) is 0 Å². The zero-order valence-corrected chi connectivity index (χ0v) is 11.9. The zero-order valence-electron chi connectivity index (χ0n) is 11.1. The second-order valence-corrected chi connectivity index (χ2v) is 5.09. The van der Waals surface area contributed by atoms with Crippen LogP contribution >= 0.6 is 11.3 Å². The van der Waals surface area contributed by atoms with Gasteiger partial charge in [0.1, 0.15) is 23.1 Å². The molecule has 0 bridgehead atoms. The Morgan fingerprint density at radius 1 is 1.21 bits per heavy atom. The first-order valence-corrected chi connectivity index (χ1v) is 7.12. The highest BCUT2D eigenvalue weighted by molar-refractivity contribution is 7.09. The number of rotatable bonds is 6. The summed E-state index contributed by atoms with van der Waals surface area (Å²) in [5.41, 5.74) is 6.68. The lowest BCUT2D eigenvalue weighted by Gasteiger charge is -2.06. The number of nitrogens with zero attached hydrogens (tertiary/aromatic N) is 1. The fourth-order valence-corrected chi connectivity index (χ4v) is 2.35. The number of hydrogen-bond acceptors (Lipinski definition) is 5. The van der Waals surface area contributed by atoms with Crippen LogP contribution in [0, 0.1) is 0 Å². The van der Waals surface area contributed by atoms with Crippen LogP contribution in [0.2, 0.25) is 0 Å². The maximum Gasteiger partial charge on any atom is 0.140 e. The molecule has 0 fully saturated rings. The Morgan fingerprint density at radius 2 is 1.84 bits per heavy atom. The van der Waals surface area contributed by atoms with E-state index < -0.39 is 0 Å². The number of thiazole rings is 1. The van der Waals surface area contributed by atoms with E-state index in [1.54, 1.807) is 11.3 Å². The Labute approximate surface area is 117 Å². The largest absolute Gasteiger partial charge is 0.494 e. The van der Waals surface area contributed by atoms with Gasteiger partial charge in [0.05, 0.1) is 12.3 Å². The number of benzene rings is 1. The fourth-order valence-electron chi connectivity index (χ4n) is 1.54. The molecule has 1 unspecified atom stereocenters. The first-order chi connectivity index (χ1) is 9.19. The van der Waals surface area contributed by atoms with Gasteiger partial charge in [-0.25, -0.2) is 4.98 Å². The highest BCUT2D eigenvalue weighted by Crippen LogP contribution is 2.20. The minimum atomic E-state index is -0.0320. The van der Waals surface area contributed by atoms with E-state index in [2.05, 4.69) is 4.98 Å². The van der Waals surface area contributed by atoms with Crippen LogP contribution in [0.5, 0.6) is 11.5 Å². The molecule has 0 aliphatic rings. The molecule has 1 atom stereocenters. The van der Waals surface area contributed by atoms with Crippen LogP contribution in [0.25, 0.3) is 0 Å². The number of aromatic nitrogens is 1. The highest BCUT2D eigenvalue weighted by atomic mass is 32.1. The lowest BCUT2D eigenvalue weighted by Crippen LogP contribution is -2.05. The molecule has 0 amide bonds. The Hall–Kier alpha value is -1.59. The fraction of sp³-hybridized carbons (Fsp3) is 0.357.